The molecule has 134 valence electrons. The predicted molar refractivity (Wildman–Crippen MR) is 88.2 cm³/mol. The Bertz CT molecular complexity index is 738. The summed E-state index contributed by atoms with van der Waals surface area (Å²) in [5.41, 5.74) is -0.774. The Balaban J connectivity index is 3.24. The summed E-state index contributed by atoms with van der Waals surface area (Å²) in [5, 5.41) is 22.3. The van der Waals surface area contributed by atoms with Gasteiger partial charge in [-0.2, -0.15) is 8.42 Å². The first-order chi connectivity index (χ1) is 11.1. The van der Waals surface area contributed by atoms with Gasteiger partial charge in [0.15, 0.2) is 0 Å². The van der Waals surface area contributed by atoms with E-state index in [2.05, 4.69) is 4.18 Å². The second-order valence-corrected chi connectivity index (χ2v) is 6.82. The first kappa shape index (κ1) is 20.1. The molecule has 0 bridgehead atoms. The molecule has 0 heterocycles. The fraction of sp³-hybridized carbons (Fsp3) is 0.500. The summed E-state index contributed by atoms with van der Waals surface area (Å²) >= 11 is 5.69. The smallest absolute Gasteiger partial charge is 0.302 e. The van der Waals surface area contributed by atoms with Gasteiger partial charge in [0.05, 0.1) is 22.7 Å². The first-order valence-electron chi connectivity index (χ1n) is 6.66. The van der Waals surface area contributed by atoms with Gasteiger partial charge < -0.3 is 4.90 Å². The maximum Gasteiger partial charge on any atom is 0.302 e. The SMILES string of the molecule is Cc1c([N+](=O)[O-])ccc(N(CCCl)CCOS(C)(=O)=O)c1[N+](=O)[O-]. The molecule has 0 fully saturated rings. The number of halogens is 1. The standard InChI is InChI=1S/C12H16ClN3O7S/c1-9-10(15(17)18)3-4-11(12(9)16(19)20)14(6-5-13)7-8-23-24(2,21)22/h3-4H,5-8H2,1-2H3. The molecule has 0 aliphatic heterocycles. The third-order valence-corrected chi connectivity index (χ3v) is 3.88. The van der Waals surface area contributed by atoms with Gasteiger partial charge in [-0.15, -0.1) is 11.6 Å². The summed E-state index contributed by atoms with van der Waals surface area (Å²) in [7, 11) is -3.65. The van der Waals surface area contributed by atoms with Crippen molar-refractivity contribution < 1.29 is 22.4 Å². The maximum atomic E-state index is 11.4. The van der Waals surface area contributed by atoms with Gasteiger partial charge in [-0.3, -0.25) is 24.4 Å². The third-order valence-electron chi connectivity index (χ3n) is 3.11. The number of hydrogen-bond acceptors (Lipinski definition) is 8. The van der Waals surface area contributed by atoms with Gasteiger partial charge in [0.1, 0.15) is 11.3 Å². The van der Waals surface area contributed by atoms with Crippen LogP contribution in [0.4, 0.5) is 17.1 Å². The van der Waals surface area contributed by atoms with Crippen molar-refractivity contribution in [1.82, 2.24) is 0 Å². The van der Waals surface area contributed by atoms with E-state index in [0.717, 1.165) is 12.3 Å². The van der Waals surface area contributed by atoms with Gasteiger partial charge in [-0.1, -0.05) is 0 Å². The van der Waals surface area contributed by atoms with Crippen LogP contribution in [0.25, 0.3) is 0 Å². The highest BCUT2D eigenvalue weighted by atomic mass is 35.5. The fourth-order valence-electron chi connectivity index (χ4n) is 2.11. The van der Waals surface area contributed by atoms with Crippen LogP contribution >= 0.6 is 11.6 Å². The normalized spacial score (nSPS) is 11.3. The number of nitro groups is 2. The van der Waals surface area contributed by atoms with Gasteiger partial charge in [-0.05, 0) is 13.0 Å². The van der Waals surface area contributed by atoms with E-state index < -0.39 is 25.7 Å². The molecular weight excluding hydrogens is 366 g/mol. The van der Waals surface area contributed by atoms with Crippen molar-refractivity contribution in [2.75, 3.05) is 36.7 Å². The zero-order valence-corrected chi connectivity index (χ0v) is 14.5. The van der Waals surface area contributed by atoms with Gasteiger partial charge >= 0.3 is 5.69 Å². The monoisotopic (exact) mass is 381 g/mol. The van der Waals surface area contributed by atoms with Crippen LogP contribution in [0.2, 0.25) is 0 Å². The second-order valence-electron chi connectivity index (χ2n) is 4.79. The van der Waals surface area contributed by atoms with Crippen molar-refractivity contribution in [1.29, 1.82) is 0 Å². The molecule has 1 aromatic rings. The number of hydrogen-bond donors (Lipinski definition) is 0. The zero-order valence-electron chi connectivity index (χ0n) is 13.0. The molecule has 0 saturated heterocycles. The van der Waals surface area contributed by atoms with Crippen molar-refractivity contribution in [2.24, 2.45) is 0 Å². The Morgan fingerprint density at radius 2 is 1.83 bits per heavy atom. The number of nitro benzene ring substituents is 2. The quantitative estimate of drug-likeness (QED) is 0.274. The first-order valence-corrected chi connectivity index (χ1v) is 9.01. The average molecular weight is 382 g/mol. The Hall–Kier alpha value is -1.98. The van der Waals surface area contributed by atoms with E-state index >= 15 is 0 Å². The highest BCUT2D eigenvalue weighted by Crippen LogP contribution is 2.36. The Kier molecular flexibility index (Phi) is 6.87. The molecule has 0 aliphatic rings. The molecule has 10 nitrogen and oxygen atoms in total. The molecular formula is C12H16ClN3O7S. The second kappa shape index (κ2) is 8.22. The van der Waals surface area contributed by atoms with E-state index in [-0.39, 0.29) is 42.5 Å². The zero-order chi connectivity index (χ0) is 18.5. The molecule has 12 heteroatoms. The summed E-state index contributed by atoms with van der Waals surface area (Å²) in [6, 6.07) is 2.41. The van der Waals surface area contributed by atoms with Crippen LogP contribution in [0.1, 0.15) is 5.56 Å². The number of nitrogens with zero attached hydrogens (tertiary/aromatic N) is 3. The van der Waals surface area contributed by atoms with Crippen LogP contribution in [0.15, 0.2) is 12.1 Å². The van der Waals surface area contributed by atoms with Crippen LogP contribution in [0.5, 0.6) is 0 Å². The van der Waals surface area contributed by atoms with Crippen LogP contribution in [0.3, 0.4) is 0 Å². The molecule has 0 amide bonds. The maximum absolute atomic E-state index is 11.4. The van der Waals surface area contributed by atoms with Crippen molar-refractivity contribution in [2.45, 2.75) is 6.92 Å². The Morgan fingerprint density at radius 1 is 1.21 bits per heavy atom. The lowest BCUT2D eigenvalue weighted by atomic mass is 10.1. The minimum absolute atomic E-state index is 0.0118. The summed E-state index contributed by atoms with van der Waals surface area (Å²) < 4.78 is 26.6. The van der Waals surface area contributed by atoms with Crippen LogP contribution in [-0.2, 0) is 14.3 Å². The summed E-state index contributed by atoms with van der Waals surface area (Å²) in [6.07, 6.45) is 0.886. The van der Waals surface area contributed by atoms with Gasteiger partial charge in [0, 0.05) is 25.0 Å². The van der Waals surface area contributed by atoms with Crippen LogP contribution < -0.4 is 4.90 Å². The van der Waals surface area contributed by atoms with Crippen molar-refractivity contribution in [3.05, 3.63) is 37.9 Å². The molecule has 0 aliphatic carbocycles. The van der Waals surface area contributed by atoms with Crippen molar-refractivity contribution >= 4 is 38.8 Å². The number of anilines is 1. The topological polar surface area (TPSA) is 133 Å². The lowest BCUT2D eigenvalue weighted by Crippen LogP contribution is -2.30. The molecule has 0 saturated carbocycles. The molecule has 0 atom stereocenters. The Labute approximate surface area is 143 Å². The highest BCUT2D eigenvalue weighted by molar-refractivity contribution is 7.85. The molecule has 0 spiro atoms. The van der Waals surface area contributed by atoms with Crippen LogP contribution in [-0.4, -0.2) is 50.1 Å². The minimum Gasteiger partial charge on any atom is -0.362 e. The van der Waals surface area contributed by atoms with E-state index in [1.54, 1.807) is 0 Å². The molecule has 24 heavy (non-hydrogen) atoms. The van der Waals surface area contributed by atoms with Gasteiger partial charge in [0.25, 0.3) is 15.8 Å². The van der Waals surface area contributed by atoms with Gasteiger partial charge in [-0.25, -0.2) is 0 Å². The fourth-order valence-corrected chi connectivity index (χ4v) is 2.69. The molecule has 0 unspecified atom stereocenters. The molecule has 0 N–H and O–H groups in total. The lowest BCUT2D eigenvalue weighted by Gasteiger charge is -2.23. The molecule has 1 aromatic carbocycles. The largest absolute Gasteiger partial charge is 0.362 e. The Morgan fingerprint density at radius 3 is 2.29 bits per heavy atom. The van der Waals surface area contributed by atoms with E-state index in [1.165, 1.54) is 17.9 Å². The minimum atomic E-state index is -3.65. The average Bonchev–Trinajstić information content (AvgIpc) is 2.43. The summed E-state index contributed by atoms with van der Waals surface area (Å²) in [5.74, 6) is 0.117. The molecule has 0 radical (unpaired) electrons. The van der Waals surface area contributed by atoms with E-state index in [1.807, 2.05) is 0 Å². The summed E-state index contributed by atoms with van der Waals surface area (Å²) in [4.78, 5) is 22.3. The predicted octanol–water partition coefficient (Wildman–Crippen LogP) is 1.83. The number of alkyl halides is 1. The number of rotatable bonds is 9. The van der Waals surface area contributed by atoms with E-state index in [0.29, 0.717) is 0 Å². The van der Waals surface area contributed by atoms with Gasteiger partial charge in [0.2, 0.25) is 0 Å². The van der Waals surface area contributed by atoms with E-state index in [4.69, 9.17) is 11.6 Å². The lowest BCUT2D eigenvalue weighted by molar-refractivity contribution is -0.394. The number of benzene rings is 1. The van der Waals surface area contributed by atoms with E-state index in [9.17, 15) is 28.6 Å². The summed E-state index contributed by atoms with van der Waals surface area (Å²) in [6.45, 7) is 1.24. The molecule has 1 rings (SSSR count). The highest BCUT2D eigenvalue weighted by Gasteiger charge is 2.28. The van der Waals surface area contributed by atoms with Crippen LogP contribution in [0, 0.1) is 27.2 Å². The molecule has 0 aromatic heterocycles. The third kappa shape index (κ3) is 5.28. The van der Waals surface area contributed by atoms with Crippen molar-refractivity contribution in [3.8, 4) is 0 Å². The van der Waals surface area contributed by atoms with Crippen molar-refractivity contribution in [3.63, 3.8) is 0 Å².